The molecule has 1 aliphatic rings. The van der Waals surface area contributed by atoms with E-state index in [9.17, 15) is 9.59 Å². The number of likely N-dealkylation sites (N-methyl/N-ethyl adjacent to an activating group) is 1. The summed E-state index contributed by atoms with van der Waals surface area (Å²) in [6.07, 6.45) is 1.62. The lowest BCUT2D eigenvalue weighted by molar-refractivity contribution is 0.0742. The SMILES string of the molecule is CN1CCn2nc(C(=O)NCc3nc4ncccc4o3)cc2C1=O. The number of nitrogens with one attached hydrogen (secondary N) is 1. The van der Waals surface area contributed by atoms with Crippen LogP contribution in [0.15, 0.2) is 28.8 Å². The average molecular weight is 326 g/mol. The molecule has 9 heteroatoms. The van der Waals surface area contributed by atoms with Crippen LogP contribution in [0.2, 0.25) is 0 Å². The molecule has 0 unspecified atom stereocenters. The minimum Gasteiger partial charge on any atom is -0.437 e. The van der Waals surface area contributed by atoms with Gasteiger partial charge in [-0.05, 0) is 12.1 Å². The number of amides is 2. The summed E-state index contributed by atoms with van der Waals surface area (Å²) in [6, 6.07) is 5.01. The van der Waals surface area contributed by atoms with Crippen molar-refractivity contribution in [1.82, 2.24) is 30.0 Å². The van der Waals surface area contributed by atoms with Crippen LogP contribution in [0.25, 0.3) is 11.2 Å². The van der Waals surface area contributed by atoms with Gasteiger partial charge in [-0.25, -0.2) is 4.98 Å². The smallest absolute Gasteiger partial charge is 0.272 e. The third-order valence-electron chi connectivity index (χ3n) is 3.84. The zero-order chi connectivity index (χ0) is 16.7. The van der Waals surface area contributed by atoms with Crippen molar-refractivity contribution in [2.45, 2.75) is 13.1 Å². The fourth-order valence-electron chi connectivity index (χ4n) is 2.55. The molecule has 0 radical (unpaired) electrons. The van der Waals surface area contributed by atoms with E-state index in [1.165, 1.54) is 6.07 Å². The third kappa shape index (κ3) is 2.39. The van der Waals surface area contributed by atoms with E-state index < -0.39 is 0 Å². The second-order valence-corrected chi connectivity index (χ2v) is 5.48. The Balaban J connectivity index is 1.48. The summed E-state index contributed by atoms with van der Waals surface area (Å²) in [7, 11) is 1.72. The van der Waals surface area contributed by atoms with E-state index in [2.05, 4.69) is 20.4 Å². The summed E-state index contributed by atoms with van der Waals surface area (Å²) in [5.41, 5.74) is 1.67. The highest BCUT2D eigenvalue weighted by Gasteiger charge is 2.25. The molecule has 2 amide bonds. The standard InChI is InChI=1S/C15H14N6O3/c1-20-5-6-21-10(15(20)23)7-9(19-21)14(22)17-8-12-18-13-11(24-12)3-2-4-16-13/h2-4,7H,5-6,8H2,1H3,(H,17,22). The summed E-state index contributed by atoms with van der Waals surface area (Å²) in [4.78, 5) is 34.1. The zero-order valence-corrected chi connectivity index (χ0v) is 12.9. The molecule has 9 nitrogen and oxygen atoms in total. The van der Waals surface area contributed by atoms with E-state index in [0.717, 1.165) is 0 Å². The summed E-state index contributed by atoms with van der Waals surface area (Å²) in [6.45, 7) is 1.26. The second-order valence-electron chi connectivity index (χ2n) is 5.48. The van der Waals surface area contributed by atoms with Gasteiger partial charge in [0.1, 0.15) is 5.69 Å². The Morgan fingerprint density at radius 3 is 3.12 bits per heavy atom. The van der Waals surface area contributed by atoms with Crippen LogP contribution in [0.3, 0.4) is 0 Å². The van der Waals surface area contributed by atoms with Crippen molar-refractivity contribution < 1.29 is 14.0 Å². The monoisotopic (exact) mass is 326 g/mol. The van der Waals surface area contributed by atoms with Crippen molar-refractivity contribution in [2.24, 2.45) is 0 Å². The van der Waals surface area contributed by atoms with Crippen molar-refractivity contribution in [3.63, 3.8) is 0 Å². The van der Waals surface area contributed by atoms with Crippen molar-refractivity contribution in [1.29, 1.82) is 0 Å². The van der Waals surface area contributed by atoms with Gasteiger partial charge >= 0.3 is 0 Å². The topological polar surface area (TPSA) is 106 Å². The molecule has 1 aliphatic heterocycles. The van der Waals surface area contributed by atoms with E-state index in [1.807, 2.05) is 0 Å². The number of rotatable bonds is 3. The number of oxazole rings is 1. The molecule has 4 heterocycles. The number of aromatic nitrogens is 4. The van der Waals surface area contributed by atoms with Gasteiger partial charge in [0.2, 0.25) is 5.89 Å². The van der Waals surface area contributed by atoms with Crippen LogP contribution in [0.4, 0.5) is 0 Å². The minimum atomic E-state index is -0.387. The van der Waals surface area contributed by atoms with E-state index in [-0.39, 0.29) is 24.1 Å². The molecule has 0 spiro atoms. The normalized spacial score (nSPS) is 14.0. The minimum absolute atomic E-state index is 0.116. The molecule has 0 aromatic carbocycles. The number of carbonyl (C=O) groups excluding carboxylic acids is 2. The van der Waals surface area contributed by atoms with Gasteiger partial charge in [0.15, 0.2) is 16.9 Å². The van der Waals surface area contributed by atoms with Crippen LogP contribution in [0.1, 0.15) is 26.9 Å². The molecule has 0 bridgehead atoms. The number of hydrogen-bond donors (Lipinski definition) is 1. The maximum atomic E-state index is 12.2. The molecule has 4 rings (SSSR count). The first kappa shape index (κ1) is 14.4. The fraction of sp³-hybridized carbons (Fsp3) is 0.267. The first-order valence-electron chi connectivity index (χ1n) is 7.44. The molecule has 1 N–H and O–H groups in total. The number of fused-ring (bicyclic) bond motifs is 2. The lowest BCUT2D eigenvalue weighted by Gasteiger charge is -2.22. The van der Waals surface area contributed by atoms with Crippen LogP contribution in [-0.2, 0) is 13.1 Å². The number of pyridine rings is 1. The Hall–Kier alpha value is -3.23. The van der Waals surface area contributed by atoms with Crippen LogP contribution in [-0.4, -0.2) is 50.1 Å². The zero-order valence-electron chi connectivity index (χ0n) is 12.9. The van der Waals surface area contributed by atoms with Crippen molar-refractivity contribution in [3.8, 4) is 0 Å². The maximum Gasteiger partial charge on any atom is 0.272 e. The Morgan fingerprint density at radius 2 is 2.29 bits per heavy atom. The predicted molar refractivity (Wildman–Crippen MR) is 82.2 cm³/mol. The quantitative estimate of drug-likeness (QED) is 0.748. The molecular weight excluding hydrogens is 312 g/mol. The number of nitrogens with zero attached hydrogens (tertiary/aromatic N) is 5. The molecule has 3 aromatic heterocycles. The van der Waals surface area contributed by atoms with E-state index in [4.69, 9.17) is 4.42 Å². The Bertz CT molecular complexity index is 911. The summed E-state index contributed by atoms with van der Waals surface area (Å²) in [5, 5.41) is 6.87. The van der Waals surface area contributed by atoms with Gasteiger partial charge < -0.3 is 14.6 Å². The van der Waals surface area contributed by atoms with Gasteiger partial charge in [0.25, 0.3) is 11.8 Å². The molecule has 0 saturated carbocycles. The van der Waals surface area contributed by atoms with Crippen LogP contribution < -0.4 is 5.32 Å². The van der Waals surface area contributed by atoms with Gasteiger partial charge in [-0.3, -0.25) is 14.3 Å². The largest absolute Gasteiger partial charge is 0.437 e. The first-order chi connectivity index (χ1) is 11.6. The van der Waals surface area contributed by atoms with Gasteiger partial charge in [-0.2, -0.15) is 10.1 Å². The molecule has 24 heavy (non-hydrogen) atoms. The van der Waals surface area contributed by atoms with Crippen LogP contribution in [0, 0.1) is 0 Å². The maximum absolute atomic E-state index is 12.2. The van der Waals surface area contributed by atoms with Gasteiger partial charge in [-0.15, -0.1) is 0 Å². The lowest BCUT2D eigenvalue weighted by Crippen LogP contribution is -2.37. The number of hydrogen-bond acceptors (Lipinski definition) is 6. The fourth-order valence-corrected chi connectivity index (χ4v) is 2.55. The summed E-state index contributed by atoms with van der Waals surface area (Å²) >= 11 is 0. The first-order valence-corrected chi connectivity index (χ1v) is 7.44. The van der Waals surface area contributed by atoms with Crippen molar-refractivity contribution >= 4 is 23.0 Å². The van der Waals surface area contributed by atoms with E-state index in [0.29, 0.717) is 35.9 Å². The predicted octanol–water partition coefficient (Wildman–Crippen LogP) is 0.435. The highest BCUT2D eigenvalue weighted by Crippen LogP contribution is 2.14. The lowest BCUT2D eigenvalue weighted by atomic mass is 10.2. The molecule has 0 fully saturated rings. The highest BCUT2D eigenvalue weighted by atomic mass is 16.3. The van der Waals surface area contributed by atoms with Crippen molar-refractivity contribution in [3.05, 3.63) is 41.7 Å². The molecular formula is C15H14N6O3. The Labute approximate surface area is 136 Å². The highest BCUT2D eigenvalue weighted by molar-refractivity contribution is 5.98. The molecule has 122 valence electrons. The van der Waals surface area contributed by atoms with Gasteiger partial charge in [0.05, 0.1) is 13.1 Å². The van der Waals surface area contributed by atoms with Gasteiger partial charge in [-0.1, -0.05) is 0 Å². The Kier molecular flexibility index (Phi) is 3.26. The molecule has 0 aliphatic carbocycles. The molecule has 0 saturated heterocycles. The second kappa shape index (κ2) is 5.44. The van der Waals surface area contributed by atoms with Crippen LogP contribution in [0.5, 0.6) is 0 Å². The van der Waals surface area contributed by atoms with Gasteiger partial charge in [0, 0.05) is 25.9 Å². The molecule has 0 atom stereocenters. The molecule has 3 aromatic rings. The summed E-state index contributed by atoms with van der Waals surface area (Å²) in [5.74, 6) is -0.169. The van der Waals surface area contributed by atoms with E-state index >= 15 is 0 Å². The van der Waals surface area contributed by atoms with E-state index in [1.54, 1.807) is 35.0 Å². The van der Waals surface area contributed by atoms with Crippen LogP contribution >= 0.6 is 0 Å². The number of carbonyl (C=O) groups is 2. The third-order valence-corrected chi connectivity index (χ3v) is 3.84. The summed E-state index contributed by atoms with van der Waals surface area (Å²) < 4.78 is 7.05. The van der Waals surface area contributed by atoms with Crippen molar-refractivity contribution in [2.75, 3.05) is 13.6 Å². The average Bonchev–Trinajstić information content (AvgIpc) is 3.20. The Morgan fingerprint density at radius 1 is 1.42 bits per heavy atom.